The zero-order chi connectivity index (χ0) is 21.1. The summed E-state index contributed by atoms with van der Waals surface area (Å²) in [5, 5.41) is 9.86. The Morgan fingerprint density at radius 3 is 2.48 bits per heavy atom. The summed E-state index contributed by atoms with van der Waals surface area (Å²) in [5.74, 6) is 1.74. The fourth-order valence-electron chi connectivity index (χ4n) is 3.21. The van der Waals surface area contributed by atoms with E-state index < -0.39 is 5.60 Å². The van der Waals surface area contributed by atoms with Crippen LogP contribution < -0.4 is 16.0 Å². The second kappa shape index (κ2) is 11.7. The molecule has 0 radical (unpaired) electrons. The van der Waals surface area contributed by atoms with Crippen LogP contribution in [0.1, 0.15) is 52.2 Å². The second-order valence-electron chi connectivity index (χ2n) is 8.32. The lowest BCUT2D eigenvalue weighted by atomic mass is 9.91. The Labute approximate surface area is 173 Å². The van der Waals surface area contributed by atoms with Crippen LogP contribution in [0.15, 0.2) is 27.8 Å². The van der Waals surface area contributed by atoms with Crippen molar-refractivity contribution in [3.8, 4) is 0 Å². The molecule has 0 spiro atoms. The highest BCUT2D eigenvalue weighted by molar-refractivity contribution is 5.80. The topological polar surface area (TPSA) is 97.1 Å². The number of guanidine groups is 1. The molecule has 0 aliphatic heterocycles. The number of furan rings is 1. The molecule has 1 aliphatic carbocycles. The lowest BCUT2D eigenvalue weighted by molar-refractivity contribution is 0.0490. The summed E-state index contributed by atoms with van der Waals surface area (Å²) in [7, 11) is 1.67. The number of ether oxygens (including phenoxy) is 2. The van der Waals surface area contributed by atoms with Crippen LogP contribution in [0.5, 0.6) is 0 Å². The van der Waals surface area contributed by atoms with Gasteiger partial charge < -0.3 is 29.8 Å². The molecule has 0 atom stereocenters. The van der Waals surface area contributed by atoms with Crippen LogP contribution >= 0.6 is 0 Å². The van der Waals surface area contributed by atoms with Gasteiger partial charge in [-0.1, -0.05) is 0 Å². The molecule has 164 valence electrons. The van der Waals surface area contributed by atoms with Crippen molar-refractivity contribution in [1.82, 2.24) is 16.0 Å². The van der Waals surface area contributed by atoms with Crippen LogP contribution in [0.25, 0.3) is 0 Å². The maximum atomic E-state index is 12.0. The third kappa shape index (κ3) is 9.69. The van der Waals surface area contributed by atoms with Gasteiger partial charge in [0.2, 0.25) is 0 Å². The Morgan fingerprint density at radius 1 is 1.21 bits per heavy atom. The largest absolute Gasteiger partial charge is 0.469 e. The minimum atomic E-state index is -0.474. The highest BCUT2D eigenvalue weighted by atomic mass is 16.6. The van der Waals surface area contributed by atoms with Crippen LogP contribution in [-0.4, -0.2) is 56.5 Å². The molecule has 1 aliphatic rings. The van der Waals surface area contributed by atoms with Crippen molar-refractivity contribution in [2.45, 2.75) is 70.6 Å². The predicted octanol–water partition coefficient (Wildman–Crippen LogP) is 2.84. The number of carbonyl (C=O) groups is 1. The highest BCUT2D eigenvalue weighted by Gasteiger charge is 2.25. The normalized spacial score (nSPS) is 20.2. The molecule has 8 heteroatoms. The molecular weight excluding hydrogens is 372 g/mol. The first kappa shape index (κ1) is 23.1. The quantitative estimate of drug-likeness (QED) is 0.348. The molecule has 0 unspecified atom stereocenters. The summed E-state index contributed by atoms with van der Waals surface area (Å²) >= 11 is 0. The molecule has 3 N–H and O–H groups in total. The van der Waals surface area contributed by atoms with Gasteiger partial charge >= 0.3 is 6.09 Å². The highest BCUT2D eigenvalue weighted by Crippen LogP contribution is 2.19. The minimum Gasteiger partial charge on any atom is -0.469 e. The molecule has 0 saturated heterocycles. The molecule has 29 heavy (non-hydrogen) atoms. The standard InChI is InChI=1S/C21H36N4O4/c1-21(2,3)29-20(26)25-17-9-7-16(8-10-17)24-19(23-13-15-27-4)22-12-11-18-6-5-14-28-18/h5-6,14,16-17H,7-13,15H2,1-4H3,(H,25,26)(H2,22,23,24). The Balaban J connectivity index is 1.75. The zero-order valence-corrected chi connectivity index (χ0v) is 18.1. The summed E-state index contributed by atoms with van der Waals surface area (Å²) in [5.41, 5.74) is -0.474. The summed E-state index contributed by atoms with van der Waals surface area (Å²) in [6, 6.07) is 4.34. The van der Waals surface area contributed by atoms with E-state index in [1.165, 1.54) is 0 Å². The number of hydrogen-bond donors (Lipinski definition) is 3. The van der Waals surface area contributed by atoms with Crippen LogP contribution in [0.3, 0.4) is 0 Å². The maximum Gasteiger partial charge on any atom is 0.407 e. The van der Waals surface area contributed by atoms with Gasteiger partial charge in [-0.15, -0.1) is 0 Å². The van der Waals surface area contributed by atoms with E-state index in [1.54, 1.807) is 13.4 Å². The Kier molecular flexibility index (Phi) is 9.31. The summed E-state index contributed by atoms with van der Waals surface area (Å²) in [4.78, 5) is 16.5. The van der Waals surface area contributed by atoms with E-state index in [2.05, 4.69) is 20.9 Å². The molecule has 1 amide bonds. The molecule has 2 rings (SSSR count). The first-order valence-corrected chi connectivity index (χ1v) is 10.4. The summed E-state index contributed by atoms with van der Waals surface area (Å²) < 4.78 is 15.8. The van der Waals surface area contributed by atoms with Crippen molar-refractivity contribution < 1.29 is 18.7 Å². The van der Waals surface area contributed by atoms with Crippen molar-refractivity contribution in [2.75, 3.05) is 26.8 Å². The van der Waals surface area contributed by atoms with Gasteiger partial charge in [-0.2, -0.15) is 0 Å². The van der Waals surface area contributed by atoms with Gasteiger partial charge in [-0.3, -0.25) is 4.99 Å². The number of rotatable bonds is 8. The van der Waals surface area contributed by atoms with Gasteiger partial charge in [0, 0.05) is 32.2 Å². The van der Waals surface area contributed by atoms with Crippen molar-refractivity contribution in [3.05, 3.63) is 24.2 Å². The average Bonchev–Trinajstić information content (AvgIpc) is 3.15. The lowest BCUT2D eigenvalue weighted by Crippen LogP contribution is -2.48. The van der Waals surface area contributed by atoms with E-state index in [-0.39, 0.29) is 12.1 Å². The van der Waals surface area contributed by atoms with Gasteiger partial charge in [0.15, 0.2) is 5.96 Å². The number of aliphatic imine (C=N–C) groups is 1. The van der Waals surface area contributed by atoms with E-state index in [4.69, 9.17) is 13.9 Å². The van der Waals surface area contributed by atoms with E-state index in [0.29, 0.717) is 19.2 Å². The summed E-state index contributed by atoms with van der Waals surface area (Å²) in [6.45, 7) is 7.53. The van der Waals surface area contributed by atoms with E-state index in [9.17, 15) is 4.79 Å². The minimum absolute atomic E-state index is 0.156. The fourth-order valence-corrected chi connectivity index (χ4v) is 3.21. The molecule has 0 bridgehead atoms. The molecule has 1 saturated carbocycles. The second-order valence-corrected chi connectivity index (χ2v) is 8.32. The third-order valence-electron chi connectivity index (χ3n) is 4.60. The number of amides is 1. The molecule has 1 fully saturated rings. The van der Waals surface area contributed by atoms with Crippen molar-refractivity contribution in [2.24, 2.45) is 4.99 Å². The van der Waals surface area contributed by atoms with Gasteiger partial charge in [-0.25, -0.2) is 4.79 Å². The van der Waals surface area contributed by atoms with E-state index in [1.807, 2.05) is 32.9 Å². The van der Waals surface area contributed by atoms with Crippen LogP contribution in [0.4, 0.5) is 4.79 Å². The number of nitrogens with zero attached hydrogens (tertiary/aromatic N) is 1. The maximum absolute atomic E-state index is 12.0. The van der Waals surface area contributed by atoms with Gasteiger partial charge in [0.05, 0.1) is 19.4 Å². The van der Waals surface area contributed by atoms with E-state index >= 15 is 0 Å². The predicted molar refractivity (Wildman–Crippen MR) is 113 cm³/mol. The summed E-state index contributed by atoms with van der Waals surface area (Å²) in [6.07, 6.45) is 5.89. The van der Waals surface area contributed by atoms with Crippen molar-refractivity contribution in [1.29, 1.82) is 0 Å². The molecule has 1 aromatic rings. The Morgan fingerprint density at radius 2 is 1.90 bits per heavy atom. The number of nitrogens with one attached hydrogen (secondary N) is 3. The fraction of sp³-hybridized carbons (Fsp3) is 0.714. The Bertz CT molecular complexity index is 617. The molecular formula is C21H36N4O4. The molecule has 1 aromatic heterocycles. The average molecular weight is 409 g/mol. The monoisotopic (exact) mass is 408 g/mol. The van der Waals surface area contributed by atoms with Gasteiger partial charge in [-0.05, 0) is 58.6 Å². The number of hydrogen-bond acceptors (Lipinski definition) is 5. The van der Waals surface area contributed by atoms with E-state index in [0.717, 1.165) is 50.4 Å². The number of methoxy groups -OCH3 is 1. The molecule has 0 aromatic carbocycles. The van der Waals surface area contributed by atoms with Crippen LogP contribution in [0.2, 0.25) is 0 Å². The van der Waals surface area contributed by atoms with Gasteiger partial charge in [0.25, 0.3) is 0 Å². The SMILES string of the molecule is COCCN=C(NCCc1ccco1)NC1CCC(NC(=O)OC(C)(C)C)CC1. The van der Waals surface area contributed by atoms with Gasteiger partial charge in [0.1, 0.15) is 11.4 Å². The molecule has 1 heterocycles. The van der Waals surface area contributed by atoms with Crippen LogP contribution in [-0.2, 0) is 15.9 Å². The first-order chi connectivity index (χ1) is 13.9. The zero-order valence-electron chi connectivity index (χ0n) is 18.1. The van der Waals surface area contributed by atoms with Crippen molar-refractivity contribution >= 4 is 12.1 Å². The van der Waals surface area contributed by atoms with Crippen molar-refractivity contribution in [3.63, 3.8) is 0 Å². The van der Waals surface area contributed by atoms with Crippen LogP contribution in [0, 0.1) is 0 Å². The lowest BCUT2D eigenvalue weighted by Gasteiger charge is -2.31. The Hall–Kier alpha value is -2.22. The first-order valence-electron chi connectivity index (χ1n) is 10.4. The smallest absolute Gasteiger partial charge is 0.407 e. The molecule has 8 nitrogen and oxygen atoms in total. The third-order valence-corrected chi connectivity index (χ3v) is 4.60. The number of alkyl carbamates (subject to hydrolysis) is 1. The number of carbonyl (C=O) groups excluding carboxylic acids is 1.